The number of rotatable bonds is 6. The lowest BCUT2D eigenvalue weighted by atomic mass is 10.3. The molecular formula is C11H15N3O4S2. The minimum Gasteiger partial charge on any atom is -0.354 e. The van der Waals surface area contributed by atoms with Gasteiger partial charge in [0.2, 0.25) is 10.0 Å². The average molecular weight is 317 g/mol. The van der Waals surface area contributed by atoms with Crippen molar-refractivity contribution in [2.45, 2.75) is 24.2 Å². The van der Waals surface area contributed by atoms with E-state index in [-0.39, 0.29) is 4.90 Å². The number of aromatic nitrogens is 2. The van der Waals surface area contributed by atoms with Crippen molar-refractivity contribution < 1.29 is 17.9 Å². The monoisotopic (exact) mass is 317 g/mol. The SMILES string of the molecule is COC(OC)C(C)NS(=O)(=O)c1cccc2nsnc12. The van der Waals surface area contributed by atoms with Crippen molar-refractivity contribution in [2.75, 3.05) is 14.2 Å². The highest BCUT2D eigenvalue weighted by Gasteiger charge is 2.25. The van der Waals surface area contributed by atoms with E-state index in [1.165, 1.54) is 20.3 Å². The Labute approximate surface area is 121 Å². The van der Waals surface area contributed by atoms with Crippen LogP contribution in [0, 0.1) is 0 Å². The molecule has 0 saturated carbocycles. The molecule has 0 amide bonds. The number of sulfonamides is 1. The summed E-state index contributed by atoms with van der Waals surface area (Å²) in [5, 5.41) is 0. The summed E-state index contributed by atoms with van der Waals surface area (Å²) in [4.78, 5) is 0.0987. The van der Waals surface area contributed by atoms with Crippen molar-refractivity contribution in [3.05, 3.63) is 18.2 Å². The number of hydrogen-bond donors (Lipinski definition) is 1. The molecule has 0 fully saturated rings. The number of hydrogen-bond acceptors (Lipinski definition) is 7. The third-order valence-corrected chi connectivity index (χ3v) is 4.89. The van der Waals surface area contributed by atoms with E-state index < -0.39 is 22.4 Å². The molecule has 0 aliphatic heterocycles. The van der Waals surface area contributed by atoms with Gasteiger partial charge in [-0.05, 0) is 19.1 Å². The first kappa shape index (κ1) is 15.3. The van der Waals surface area contributed by atoms with Crippen molar-refractivity contribution in [1.29, 1.82) is 0 Å². The summed E-state index contributed by atoms with van der Waals surface area (Å²) < 4.78 is 45.5. The maximum Gasteiger partial charge on any atom is 0.243 e. The van der Waals surface area contributed by atoms with Gasteiger partial charge in [-0.3, -0.25) is 0 Å². The van der Waals surface area contributed by atoms with E-state index in [9.17, 15) is 8.42 Å². The Kier molecular flexibility index (Phi) is 4.66. The second kappa shape index (κ2) is 6.10. The Morgan fingerprint density at radius 2 is 1.95 bits per heavy atom. The highest BCUT2D eigenvalue weighted by atomic mass is 32.2. The van der Waals surface area contributed by atoms with Gasteiger partial charge >= 0.3 is 0 Å². The molecule has 1 unspecified atom stereocenters. The summed E-state index contributed by atoms with van der Waals surface area (Å²) in [6.45, 7) is 1.66. The average Bonchev–Trinajstić information content (AvgIpc) is 2.87. The number of fused-ring (bicyclic) bond motifs is 1. The number of nitrogens with zero attached hydrogens (tertiary/aromatic N) is 2. The zero-order chi connectivity index (χ0) is 14.8. The zero-order valence-corrected chi connectivity index (χ0v) is 12.9. The van der Waals surface area contributed by atoms with Crippen LogP contribution in [0.5, 0.6) is 0 Å². The molecule has 1 aromatic heterocycles. The lowest BCUT2D eigenvalue weighted by molar-refractivity contribution is -0.115. The first-order valence-electron chi connectivity index (χ1n) is 5.79. The van der Waals surface area contributed by atoms with Crippen LogP contribution in [0.3, 0.4) is 0 Å². The van der Waals surface area contributed by atoms with Gasteiger partial charge in [-0.1, -0.05) is 6.07 Å². The van der Waals surface area contributed by atoms with E-state index in [4.69, 9.17) is 9.47 Å². The molecule has 0 spiro atoms. The van der Waals surface area contributed by atoms with Gasteiger partial charge in [0, 0.05) is 14.2 Å². The largest absolute Gasteiger partial charge is 0.354 e. The molecule has 1 heterocycles. The molecule has 0 saturated heterocycles. The topological polar surface area (TPSA) is 90.4 Å². The van der Waals surface area contributed by atoms with Gasteiger partial charge in [0.1, 0.15) is 15.9 Å². The normalized spacial score (nSPS) is 14.0. The lowest BCUT2D eigenvalue weighted by Gasteiger charge is -2.22. The molecule has 0 aliphatic carbocycles. The molecule has 1 aromatic carbocycles. The van der Waals surface area contributed by atoms with Gasteiger partial charge in [0.05, 0.1) is 17.8 Å². The molecule has 0 aliphatic rings. The molecule has 7 nitrogen and oxygen atoms in total. The molecule has 0 bridgehead atoms. The van der Waals surface area contributed by atoms with Gasteiger partial charge < -0.3 is 9.47 Å². The first-order chi connectivity index (χ1) is 9.49. The molecule has 110 valence electrons. The van der Waals surface area contributed by atoms with Crippen molar-refractivity contribution in [2.24, 2.45) is 0 Å². The van der Waals surface area contributed by atoms with Crippen LogP contribution in [0.1, 0.15) is 6.92 Å². The fourth-order valence-electron chi connectivity index (χ4n) is 1.87. The van der Waals surface area contributed by atoms with Crippen molar-refractivity contribution in [1.82, 2.24) is 13.5 Å². The van der Waals surface area contributed by atoms with Crippen LogP contribution in [0.4, 0.5) is 0 Å². The Bertz CT molecular complexity index is 682. The summed E-state index contributed by atoms with van der Waals surface area (Å²) >= 11 is 0.976. The number of benzene rings is 1. The predicted octanol–water partition coefficient (Wildman–Crippen LogP) is 0.977. The Morgan fingerprint density at radius 3 is 2.60 bits per heavy atom. The van der Waals surface area contributed by atoms with Gasteiger partial charge in [-0.15, -0.1) is 0 Å². The summed E-state index contributed by atoms with van der Waals surface area (Å²) in [5.74, 6) is 0. The third kappa shape index (κ3) is 2.96. The highest BCUT2D eigenvalue weighted by Crippen LogP contribution is 2.21. The first-order valence-corrected chi connectivity index (χ1v) is 8.00. The minimum atomic E-state index is -3.73. The van der Waals surface area contributed by atoms with Crippen LogP contribution >= 0.6 is 11.7 Å². The van der Waals surface area contributed by atoms with E-state index >= 15 is 0 Å². The third-order valence-electron chi connectivity index (χ3n) is 2.75. The van der Waals surface area contributed by atoms with E-state index in [1.807, 2.05) is 0 Å². The van der Waals surface area contributed by atoms with Crippen LogP contribution < -0.4 is 4.72 Å². The van der Waals surface area contributed by atoms with Crippen molar-refractivity contribution in [3.63, 3.8) is 0 Å². The molecule has 9 heteroatoms. The van der Waals surface area contributed by atoms with Crippen LogP contribution in [0.15, 0.2) is 23.1 Å². The van der Waals surface area contributed by atoms with Crippen LogP contribution in [0.2, 0.25) is 0 Å². The Morgan fingerprint density at radius 1 is 1.25 bits per heavy atom. The second-order valence-corrected chi connectivity index (χ2v) is 6.35. The van der Waals surface area contributed by atoms with Gasteiger partial charge in [0.15, 0.2) is 6.29 Å². The van der Waals surface area contributed by atoms with E-state index in [2.05, 4.69) is 13.5 Å². The quantitative estimate of drug-likeness (QED) is 0.799. The number of nitrogens with one attached hydrogen (secondary N) is 1. The number of methoxy groups -OCH3 is 2. The van der Waals surface area contributed by atoms with Crippen LogP contribution in [-0.2, 0) is 19.5 Å². The van der Waals surface area contributed by atoms with Gasteiger partial charge in [0.25, 0.3) is 0 Å². The van der Waals surface area contributed by atoms with Crippen molar-refractivity contribution in [3.8, 4) is 0 Å². The molecule has 1 atom stereocenters. The molecule has 20 heavy (non-hydrogen) atoms. The fourth-order valence-corrected chi connectivity index (χ4v) is 3.86. The predicted molar refractivity (Wildman–Crippen MR) is 75.0 cm³/mol. The summed E-state index contributed by atoms with van der Waals surface area (Å²) in [7, 11) is -0.830. The fraction of sp³-hybridized carbons (Fsp3) is 0.455. The standard InChI is InChI=1S/C11H15N3O4S2/c1-7(11(17-2)18-3)14-20(15,16)9-6-4-5-8-10(9)13-19-12-8/h4-7,11,14H,1-3H3. The smallest absolute Gasteiger partial charge is 0.243 e. The summed E-state index contributed by atoms with van der Waals surface area (Å²) in [5.41, 5.74) is 0.921. The molecule has 2 rings (SSSR count). The number of ether oxygens (including phenoxy) is 2. The molecule has 1 N–H and O–H groups in total. The minimum absolute atomic E-state index is 0.0987. The van der Waals surface area contributed by atoms with E-state index in [0.29, 0.717) is 11.0 Å². The Hall–Kier alpha value is -1.13. The van der Waals surface area contributed by atoms with Crippen molar-refractivity contribution >= 4 is 32.8 Å². The maximum atomic E-state index is 12.4. The highest BCUT2D eigenvalue weighted by molar-refractivity contribution is 7.89. The van der Waals surface area contributed by atoms with Crippen LogP contribution in [-0.4, -0.2) is 43.7 Å². The summed E-state index contributed by atoms with van der Waals surface area (Å²) in [6.07, 6.45) is -0.669. The molecule has 2 aromatic rings. The second-order valence-electron chi connectivity index (χ2n) is 4.14. The zero-order valence-electron chi connectivity index (χ0n) is 11.2. The lowest BCUT2D eigenvalue weighted by Crippen LogP contribution is -2.42. The molecular weight excluding hydrogens is 302 g/mol. The van der Waals surface area contributed by atoms with Gasteiger partial charge in [-0.2, -0.15) is 8.75 Å². The van der Waals surface area contributed by atoms with E-state index in [0.717, 1.165) is 11.7 Å². The van der Waals surface area contributed by atoms with E-state index in [1.54, 1.807) is 19.1 Å². The summed E-state index contributed by atoms with van der Waals surface area (Å²) in [6, 6.07) is 4.30. The van der Waals surface area contributed by atoms with Gasteiger partial charge in [-0.25, -0.2) is 13.1 Å². The Balaban J connectivity index is 2.33. The van der Waals surface area contributed by atoms with Crippen LogP contribution in [0.25, 0.3) is 11.0 Å². The molecule has 0 radical (unpaired) electrons. The maximum absolute atomic E-state index is 12.4.